The van der Waals surface area contributed by atoms with Crippen LogP contribution in [0.25, 0.3) is 0 Å². The molecule has 122 valence electrons. The number of thiophene rings is 1. The van der Waals surface area contributed by atoms with Crippen molar-refractivity contribution in [3.05, 3.63) is 41.4 Å². The summed E-state index contributed by atoms with van der Waals surface area (Å²) in [6.07, 6.45) is 1.59. The van der Waals surface area contributed by atoms with E-state index in [4.69, 9.17) is 5.73 Å². The Kier molecular flexibility index (Phi) is 4.33. The number of nitrogens with zero attached hydrogens (tertiary/aromatic N) is 3. The number of amides is 1. The van der Waals surface area contributed by atoms with E-state index in [-0.39, 0.29) is 0 Å². The normalized spacial score (nSPS) is 16.4. The molecule has 0 unspecified atom stereocenters. The summed E-state index contributed by atoms with van der Waals surface area (Å²) in [4.78, 5) is 17.6. The maximum absolute atomic E-state index is 12.5. The smallest absolute Gasteiger partial charge is 0.252 e. The molecule has 1 aliphatic heterocycles. The number of carbonyl (C=O) groups excluding carboxylic acids is 1. The minimum atomic E-state index is -3.44. The van der Waals surface area contributed by atoms with E-state index in [0.29, 0.717) is 41.8 Å². The van der Waals surface area contributed by atoms with Crippen molar-refractivity contribution < 1.29 is 13.2 Å². The highest BCUT2D eigenvalue weighted by atomic mass is 32.2. The molecule has 0 saturated carbocycles. The minimum Gasteiger partial charge on any atom is -0.365 e. The third-order valence-electron chi connectivity index (χ3n) is 3.68. The van der Waals surface area contributed by atoms with E-state index in [0.717, 1.165) is 0 Å². The van der Waals surface area contributed by atoms with Gasteiger partial charge in [-0.1, -0.05) is 6.07 Å². The predicted molar refractivity (Wildman–Crippen MR) is 88.0 cm³/mol. The van der Waals surface area contributed by atoms with Crippen LogP contribution < -0.4 is 10.6 Å². The average molecular weight is 352 g/mol. The second kappa shape index (κ2) is 6.26. The van der Waals surface area contributed by atoms with E-state index in [2.05, 4.69) is 4.98 Å². The highest BCUT2D eigenvalue weighted by Gasteiger charge is 2.30. The van der Waals surface area contributed by atoms with Crippen molar-refractivity contribution in [2.24, 2.45) is 5.73 Å². The van der Waals surface area contributed by atoms with Gasteiger partial charge in [-0.3, -0.25) is 4.79 Å². The molecule has 0 aliphatic carbocycles. The number of primary amides is 1. The Morgan fingerprint density at radius 2 is 1.91 bits per heavy atom. The molecule has 23 heavy (non-hydrogen) atoms. The molecule has 2 aromatic rings. The van der Waals surface area contributed by atoms with Crippen LogP contribution >= 0.6 is 11.3 Å². The van der Waals surface area contributed by atoms with Gasteiger partial charge in [-0.25, -0.2) is 13.4 Å². The fraction of sp³-hybridized carbons (Fsp3) is 0.286. The Hall–Kier alpha value is -1.97. The van der Waals surface area contributed by atoms with Crippen molar-refractivity contribution in [2.45, 2.75) is 4.21 Å². The number of aromatic nitrogens is 1. The van der Waals surface area contributed by atoms with E-state index in [9.17, 15) is 13.2 Å². The number of rotatable bonds is 4. The fourth-order valence-corrected chi connectivity index (χ4v) is 5.09. The lowest BCUT2D eigenvalue weighted by atomic mass is 10.2. The highest BCUT2D eigenvalue weighted by Crippen LogP contribution is 2.24. The number of carbonyl (C=O) groups is 1. The third-order valence-corrected chi connectivity index (χ3v) is 6.95. The first-order valence-electron chi connectivity index (χ1n) is 7.03. The first-order valence-corrected chi connectivity index (χ1v) is 9.35. The van der Waals surface area contributed by atoms with Crippen LogP contribution in [0.2, 0.25) is 0 Å². The molecular formula is C14H16N4O3S2. The summed E-state index contributed by atoms with van der Waals surface area (Å²) in [6, 6.07) is 6.61. The summed E-state index contributed by atoms with van der Waals surface area (Å²) in [5.41, 5.74) is 5.72. The molecule has 7 nitrogen and oxygen atoms in total. The van der Waals surface area contributed by atoms with Crippen LogP contribution in [0.1, 0.15) is 10.4 Å². The Balaban J connectivity index is 1.76. The largest absolute Gasteiger partial charge is 0.365 e. The summed E-state index contributed by atoms with van der Waals surface area (Å²) < 4.78 is 26.8. The van der Waals surface area contributed by atoms with E-state index >= 15 is 0 Å². The quantitative estimate of drug-likeness (QED) is 0.876. The second-order valence-electron chi connectivity index (χ2n) is 5.06. The van der Waals surface area contributed by atoms with Crippen LogP contribution in [-0.4, -0.2) is 49.8 Å². The van der Waals surface area contributed by atoms with Crippen LogP contribution in [-0.2, 0) is 10.0 Å². The summed E-state index contributed by atoms with van der Waals surface area (Å²) in [7, 11) is -3.44. The van der Waals surface area contributed by atoms with Gasteiger partial charge in [-0.2, -0.15) is 4.31 Å². The summed E-state index contributed by atoms with van der Waals surface area (Å²) in [6.45, 7) is 1.60. The van der Waals surface area contributed by atoms with Gasteiger partial charge < -0.3 is 10.6 Å². The van der Waals surface area contributed by atoms with Gasteiger partial charge in [0.25, 0.3) is 15.9 Å². The molecule has 1 fully saturated rings. The van der Waals surface area contributed by atoms with Gasteiger partial charge in [0.2, 0.25) is 0 Å². The fourth-order valence-electron chi connectivity index (χ4n) is 2.52. The molecule has 1 amide bonds. The molecule has 2 aromatic heterocycles. The van der Waals surface area contributed by atoms with Crippen molar-refractivity contribution in [1.82, 2.24) is 9.29 Å². The van der Waals surface area contributed by atoms with Crippen molar-refractivity contribution >= 4 is 33.1 Å². The molecule has 1 aliphatic rings. The Morgan fingerprint density at radius 3 is 2.52 bits per heavy atom. The number of anilines is 1. The lowest BCUT2D eigenvalue weighted by Crippen LogP contribution is -2.49. The van der Waals surface area contributed by atoms with Gasteiger partial charge in [-0.05, 0) is 23.6 Å². The summed E-state index contributed by atoms with van der Waals surface area (Å²) in [5, 5.41) is 1.75. The van der Waals surface area contributed by atoms with Gasteiger partial charge in [-0.15, -0.1) is 11.3 Å². The zero-order valence-corrected chi connectivity index (χ0v) is 13.9. The van der Waals surface area contributed by atoms with Crippen molar-refractivity contribution in [2.75, 3.05) is 31.1 Å². The predicted octanol–water partition coefficient (Wildman–Crippen LogP) is 0.753. The first-order chi connectivity index (χ1) is 11.0. The molecule has 1 saturated heterocycles. The number of hydrogen-bond donors (Lipinski definition) is 1. The van der Waals surface area contributed by atoms with E-state index in [1.807, 2.05) is 4.90 Å². The van der Waals surface area contributed by atoms with Gasteiger partial charge in [0.15, 0.2) is 0 Å². The number of nitrogens with two attached hydrogens (primary N) is 1. The van der Waals surface area contributed by atoms with Crippen molar-refractivity contribution in [3.63, 3.8) is 0 Å². The molecule has 0 aromatic carbocycles. The van der Waals surface area contributed by atoms with Crippen molar-refractivity contribution in [1.29, 1.82) is 0 Å². The molecule has 3 heterocycles. The van der Waals surface area contributed by atoms with Crippen molar-refractivity contribution in [3.8, 4) is 0 Å². The maximum Gasteiger partial charge on any atom is 0.252 e. The first kappa shape index (κ1) is 15.9. The Morgan fingerprint density at radius 1 is 1.17 bits per heavy atom. The van der Waals surface area contributed by atoms with Crippen LogP contribution in [0.5, 0.6) is 0 Å². The summed E-state index contributed by atoms with van der Waals surface area (Å²) in [5.74, 6) is -0.0325. The average Bonchev–Trinajstić information content (AvgIpc) is 3.10. The molecular weight excluding hydrogens is 336 g/mol. The van der Waals surface area contributed by atoms with Gasteiger partial charge in [0, 0.05) is 32.4 Å². The number of pyridine rings is 1. The molecule has 0 atom stereocenters. The molecule has 9 heteroatoms. The minimum absolute atomic E-state index is 0.342. The number of sulfonamides is 1. The standard InChI is InChI=1S/C14H16N4O3S2/c15-13(19)11-3-1-5-16-14(11)17-6-8-18(9-7-17)23(20,21)12-4-2-10-22-12/h1-5,10H,6-9H2,(H2,15,19). The monoisotopic (exact) mass is 352 g/mol. The summed E-state index contributed by atoms with van der Waals surface area (Å²) >= 11 is 1.21. The second-order valence-corrected chi connectivity index (χ2v) is 8.17. The van der Waals surface area contributed by atoms with E-state index < -0.39 is 15.9 Å². The lowest BCUT2D eigenvalue weighted by Gasteiger charge is -2.34. The molecule has 0 spiro atoms. The van der Waals surface area contributed by atoms with Gasteiger partial charge in [0.05, 0.1) is 5.56 Å². The van der Waals surface area contributed by atoms with Crippen LogP contribution in [0.4, 0.5) is 5.82 Å². The van der Waals surface area contributed by atoms with Gasteiger partial charge in [0.1, 0.15) is 10.0 Å². The Labute approximate surface area is 138 Å². The number of hydrogen-bond acceptors (Lipinski definition) is 6. The molecule has 3 rings (SSSR count). The zero-order chi connectivity index (χ0) is 16.4. The molecule has 2 N–H and O–H groups in total. The zero-order valence-electron chi connectivity index (χ0n) is 12.3. The SMILES string of the molecule is NC(=O)c1cccnc1N1CCN(S(=O)(=O)c2cccs2)CC1. The van der Waals surface area contributed by atoms with Crippen LogP contribution in [0.15, 0.2) is 40.1 Å². The van der Waals surface area contributed by atoms with Crippen LogP contribution in [0, 0.1) is 0 Å². The van der Waals surface area contributed by atoms with Gasteiger partial charge >= 0.3 is 0 Å². The highest BCUT2D eigenvalue weighted by molar-refractivity contribution is 7.91. The Bertz CT molecular complexity index is 797. The number of piperazine rings is 1. The topological polar surface area (TPSA) is 96.6 Å². The maximum atomic E-state index is 12.5. The molecule has 0 radical (unpaired) electrons. The van der Waals surface area contributed by atoms with E-state index in [1.54, 1.807) is 35.8 Å². The molecule has 0 bridgehead atoms. The van der Waals surface area contributed by atoms with E-state index in [1.165, 1.54) is 15.6 Å². The third kappa shape index (κ3) is 3.07. The lowest BCUT2D eigenvalue weighted by molar-refractivity contribution is 0.100. The van der Waals surface area contributed by atoms with Crippen LogP contribution in [0.3, 0.4) is 0 Å².